The maximum atomic E-state index is 5.87. The van der Waals surface area contributed by atoms with Crippen molar-refractivity contribution in [3.63, 3.8) is 0 Å². The van der Waals surface area contributed by atoms with Gasteiger partial charge in [0.15, 0.2) is 0 Å². The van der Waals surface area contributed by atoms with Crippen LogP contribution in [0, 0.1) is 0 Å². The van der Waals surface area contributed by atoms with Crippen LogP contribution in [0.1, 0.15) is 55.1 Å². The molecule has 0 unspecified atom stereocenters. The summed E-state index contributed by atoms with van der Waals surface area (Å²) in [6, 6.07) is 0.647. The third-order valence-corrected chi connectivity index (χ3v) is 3.91. The van der Waals surface area contributed by atoms with Gasteiger partial charge in [0.2, 0.25) is 0 Å². The summed E-state index contributed by atoms with van der Waals surface area (Å²) in [7, 11) is 0. The molecule has 82 valence electrons. The summed E-state index contributed by atoms with van der Waals surface area (Å²) >= 11 is 0. The highest BCUT2D eigenvalue weighted by Gasteiger charge is 2.26. The molecule has 0 radical (unpaired) electrons. The third kappa shape index (κ3) is 1.41. The van der Waals surface area contributed by atoms with Crippen molar-refractivity contribution in [3.8, 4) is 0 Å². The van der Waals surface area contributed by atoms with Gasteiger partial charge in [-0.2, -0.15) is 5.10 Å². The van der Waals surface area contributed by atoms with Crippen molar-refractivity contribution < 1.29 is 0 Å². The average Bonchev–Trinajstić information content (AvgIpc) is 2.93. The lowest BCUT2D eigenvalue weighted by Gasteiger charge is -2.14. The Morgan fingerprint density at radius 2 is 2.00 bits per heavy atom. The largest absolute Gasteiger partial charge is 0.325 e. The number of nitrogens with two attached hydrogens (primary N) is 1. The first-order valence-corrected chi connectivity index (χ1v) is 6.19. The van der Waals surface area contributed by atoms with Gasteiger partial charge in [-0.15, -0.1) is 0 Å². The molecule has 3 rings (SSSR count). The lowest BCUT2D eigenvalue weighted by Crippen LogP contribution is -2.14. The number of aryl methyl sites for hydroxylation is 1. The monoisotopic (exact) mass is 205 g/mol. The number of hydrogen-bond acceptors (Lipinski definition) is 2. The molecule has 1 fully saturated rings. The molecule has 1 saturated carbocycles. The second kappa shape index (κ2) is 3.63. The van der Waals surface area contributed by atoms with Crippen LogP contribution in [-0.4, -0.2) is 9.78 Å². The zero-order chi connectivity index (χ0) is 10.3. The molecule has 1 aromatic heterocycles. The van der Waals surface area contributed by atoms with E-state index in [9.17, 15) is 0 Å². The van der Waals surface area contributed by atoms with Gasteiger partial charge >= 0.3 is 0 Å². The van der Waals surface area contributed by atoms with Crippen LogP contribution in [0.15, 0.2) is 0 Å². The van der Waals surface area contributed by atoms with Crippen molar-refractivity contribution >= 4 is 0 Å². The van der Waals surface area contributed by atoms with Gasteiger partial charge in [-0.05, 0) is 37.7 Å². The van der Waals surface area contributed by atoms with Crippen LogP contribution < -0.4 is 5.73 Å². The van der Waals surface area contributed by atoms with Crippen molar-refractivity contribution in [3.05, 3.63) is 17.0 Å². The first-order valence-electron chi connectivity index (χ1n) is 6.19. The minimum atomic E-state index is 0.647. The summed E-state index contributed by atoms with van der Waals surface area (Å²) < 4.78 is 2.26. The zero-order valence-corrected chi connectivity index (χ0v) is 9.21. The standard InChI is InChI=1S/C12H19N3/c13-8-12-10-6-3-7-11(10)14-15(12)9-4-1-2-5-9/h9H,1-8,13H2. The molecule has 15 heavy (non-hydrogen) atoms. The molecular weight excluding hydrogens is 186 g/mol. The van der Waals surface area contributed by atoms with Gasteiger partial charge in [0, 0.05) is 6.54 Å². The number of rotatable bonds is 2. The van der Waals surface area contributed by atoms with Crippen molar-refractivity contribution in [1.82, 2.24) is 9.78 Å². The highest BCUT2D eigenvalue weighted by molar-refractivity contribution is 5.30. The van der Waals surface area contributed by atoms with Crippen molar-refractivity contribution in [2.24, 2.45) is 5.73 Å². The molecule has 0 atom stereocenters. The van der Waals surface area contributed by atoms with Gasteiger partial charge in [-0.3, -0.25) is 4.68 Å². The predicted molar refractivity (Wildman–Crippen MR) is 59.6 cm³/mol. The maximum absolute atomic E-state index is 5.87. The van der Waals surface area contributed by atoms with E-state index < -0.39 is 0 Å². The molecule has 0 bridgehead atoms. The summed E-state index contributed by atoms with van der Waals surface area (Å²) in [5, 5.41) is 4.78. The van der Waals surface area contributed by atoms with Gasteiger partial charge in [0.1, 0.15) is 0 Å². The molecule has 2 aliphatic rings. The fourth-order valence-electron chi connectivity index (χ4n) is 3.15. The highest BCUT2D eigenvalue weighted by atomic mass is 15.3. The number of nitrogens with zero attached hydrogens (tertiary/aromatic N) is 2. The maximum Gasteiger partial charge on any atom is 0.0660 e. The van der Waals surface area contributed by atoms with E-state index in [0.717, 1.165) is 0 Å². The van der Waals surface area contributed by atoms with E-state index in [1.807, 2.05) is 0 Å². The third-order valence-electron chi connectivity index (χ3n) is 3.91. The predicted octanol–water partition coefficient (Wildman–Crippen LogP) is 1.95. The molecule has 2 N–H and O–H groups in total. The lowest BCUT2D eigenvalue weighted by atomic mass is 10.2. The van der Waals surface area contributed by atoms with Crippen molar-refractivity contribution in [2.75, 3.05) is 0 Å². The lowest BCUT2D eigenvalue weighted by molar-refractivity contribution is 0.444. The minimum Gasteiger partial charge on any atom is -0.325 e. The molecule has 2 aliphatic carbocycles. The molecule has 0 aliphatic heterocycles. The molecule has 0 saturated heterocycles. The summed E-state index contributed by atoms with van der Waals surface area (Å²) in [5.41, 5.74) is 10.0. The molecule has 1 heterocycles. The van der Waals surface area contributed by atoms with E-state index in [0.29, 0.717) is 12.6 Å². The minimum absolute atomic E-state index is 0.647. The molecule has 1 aromatic rings. The number of fused-ring (bicyclic) bond motifs is 1. The van der Waals surface area contributed by atoms with Crippen LogP contribution in [0.5, 0.6) is 0 Å². The molecule has 0 aromatic carbocycles. The Hall–Kier alpha value is -0.830. The van der Waals surface area contributed by atoms with Crippen LogP contribution in [0.3, 0.4) is 0 Å². The average molecular weight is 205 g/mol. The van der Waals surface area contributed by atoms with Gasteiger partial charge in [-0.25, -0.2) is 0 Å². The smallest absolute Gasteiger partial charge is 0.0660 e. The Morgan fingerprint density at radius 3 is 2.73 bits per heavy atom. The Morgan fingerprint density at radius 1 is 1.20 bits per heavy atom. The van der Waals surface area contributed by atoms with E-state index in [-0.39, 0.29) is 0 Å². The molecule has 0 amide bonds. The zero-order valence-electron chi connectivity index (χ0n) is 9.21. The Labute approximate surface area is 90.7 Å². The molecule has 0 spiro atoms. The number of aromatic nitrogens is 2. The summed E-state index contributed by atoms with van der Waals surface area (Å²) in [4.78, 5) is 0. The summed E-state index contributed by atoms with van der Waals surface area (Å²) in [6.45, 7) is 0.666. The van der Waals surface area contributed by atoms with Crippen molar-refractivity contribution in [2.45, 2.75) is 57.5 Å². The first kappa shape index (κ1) is 9.40. The second-order valence-corrected chi connectivity index (χ2v) is 4.81. The van der Waals surface area contributed by atoms with E-state index in [2.05, 4.69) is 4.68 Å². The van der Waals surface area contributed by atoms with Crippen LogP contribution in [0.2, 0.25) is 0 Å². The SMILES string of the molecule is NCc1c2c(nn1C1CCCC1)CCC2. The summed E-state index contributed by atoms with van der Waals surface area (Å²) in [6.07, 6.45) is 8.96. The Kier molecular flexibility index (Phi) is 2.28. The van der Waals surface area contributed by atoms with Gasteiger partial charge < -0.3 is 5.73 Å². The van der Waals surface area contributed by atoms with Gasteiger partial charge in [0.25, 0.3) is 0 Å². The van der Waals surface area contributed by atoms with Crippen LogP contribution in [-0.2, 0) is 19.4 Å². The molecular formula is C12H19N3. The van der Waals surface area contributed by atoms with Crippen LogP contribution >= 0.6 is 0 Å². The molecule has 3 heteroatoms. The normalized spacial score (nSPS) is 21.1. The van der Waals surface area contributed by atoms with E-state index in [1.165, 1.54) is 61.9 Å². The van der Waals surface area contributed by atoms with E-state index in [4.69, 9.17) is 10.8 Å². The van der Waals surface area contributed by atoms with E-state index in [1.54, 1.807) is 0 Å². The van der Waals surface area contributed by atoms with Gasteiger partial charge in [0.05, 0.1) is 17.4 Å². The van der Waals surface area contributed by atoms with Crippen molar-refractivity contribution in [1.29, 1.82) is 0 Å². The fourth-order valence-corrected chi connectivity index (χ4v) is 3.15. The van der Waals surface area contributed by atoms with Gasteiger partial charge in [-0.1, -0.05) is 12.8 Å². The fraction of sp³-hybridized carbons (Fsp3) is 0.750. The Bertz CT molecular complexity index is 361. The quantitative estimate of drug-likeness (QED) is 0.802. The molecule has 3 nitrogen and oxygen atoms in total. The first-order chi connectivity index (χ1) is 7.40. The Balaban J connectivity index is 1.99. The van der Waals surface area contributed by atoms with Crippen LogP contribution in [0.25, 0.3) is 0 Å². The number of hydrogen-bond donors (Lipinski definition) is 1. The second-order valence-electron chi connectivity index (χ2n) is 4.81. The topological polar surface area (TPSA) is 43.8 Å². The highest BCUT2D eigenvalue weighted by Crippen LogP contribution is 2.33. The van der Waals surface area contributed by atoms with E-state index >= 15 is 0 Å². The van der Waals surface area contributed by atoms with Crippen LogP contribution in [0.4, 0.5) is 0 Å². The summed E-state index contributed by atoms with van der Waals surface area (Å²) in [5.74, 6) is 0.